The van der Waals surface area contributed by atoms with Gasteiger partial charge in [-0.3, -0.25) is 9.69 Å². The Balaban J connectivity index is 1.56. The predicted octanol–water partition coefficient (Wildman–Crippen LogP) is 3.53. The normalized spacial score (nSPS) is 16.7. The van der Waals surface area contributed by atoms with Crippen LogP contribution in [0.4, 0.5) is 4.79 Å². The molecule has 1 saturated heterocycles. The second kappa shape index (κ2) is 7.02. The van der Waals surface area contributed by atoms with Crippen LogP contribution < -0.4 is 5.32 Å². The van der Waals surface area contributed by atoms with E-state index in [0.29, 0.717) is 6.42 Å². The summed E-state index contributed by atoms with van der Waals surface area (Å²) in [5.74, 6) is -0.0348. The van der Waals surface area contributed by atoms with Crippen LogP contribution in [-0.2, 0) is 29.6 Å². The first-order valence-corrected chi connectivity index (χ1v) is 10.2. The zero-order valence-corrected chi connectivity index (χ0v) is 16.5. The summed E-state index contributed by atoms with van der Waals surface area (Å²) in [7, 11) is 0. The van der Waals surface area contributed by atoms with E-state index < -0.39 is 5.54 Å². The van der Waals surface area contributed by atoms with Gasteiger partial charge in [0, 0.05) is 6.54 Å². The molecule has 3 aromatic rings. The minimum absolute atomic E-state index is 0.194. The van der Waals surface area contributed by atoms with E-state index in [0.717, 1.165) is 40.7 Å². The lowest BCUT2D eigenvalue weighted by atomic mass is 9.80. The zero-order chi connectivity index (χ0) is 20.7. The summed E-state index contributed by atoms with van der Waals surface area (Å²) in [4.78, 5) is 28.2. The summed E-state index contributed by atoms with van der Waals surface area (Å²) in [5, 5.41) is 12.5. The minimum atomic E-state index is -1.18. The highest BCUT2D eigenvalue weighted by Crippen LogP contribution is 2.42. The molecule has 3 aromatic carbocycles. The van der Waals surface area contributed by atoms with E-state index in [-0.39, 0.29) is 24.2 Å². The van der Waals surface area contributed by atoms with E-state index >= 15 is 0 Å². The van der Waals surface area contributed by atoms with Gasteiger partial charge in [-0.25, -0.2) is 4.79 Å². The molecule has 2 aliphatic rings. The number of carbonyl (C=O) groups is 2. The van der Waals surface area contributed by atoms with Crippen molar-refractivity contribution in [2.45, 2.75) is 24.8 Å². The molecular formula is C25H22N2O3. The van der Waals surface area contributed by atoms with Crippen molar-refractivity contribution in [1.82, 2.24) is 10.2 Å². The van der Waals surface area contributed by atoms with Gasteiger partial charge in [0.2, 0.25) is 0 Å². The molecule has 0 bridgehead atoms. The summed E-state index contributed by atoms with van der Waals surface area (Å²) in [6.45, 7) is 0.279. The molecule has 1 spiro atoms. The number of benzene rings is 3. The average Bonchev–Trinajstić information content (AvgIpc) is 2.93. The summed E-state index contributed by atoms with van der Waals surface area (Å²) < 4.78 is 0. The van der Waals surface area contributed by atoms with Gasteiger partial charge in [-0.15, -0.1) is 0 Å². The predicted molar refractivity (Wildman–Crippen MR) is 113 cm³/mol. The molecule has 3 amide bonds. The van der Waals surface area contributed by atoms with Crippen LogP contribution in [0.3, 0.4) is 0 Å². The van der Waals surface area contributed by atoms with E-state index in [1.807, 2.05) is 48.5 Å². The van der Waals surface area contributed by atoms with Gasteiger partial charge in [0.05, 0.1) is 0 Å². The number of aryl methyl sites for hydroxylation is 2. The Hall–Kier alpha value is -3.60. The monoisotopic (exact) mass is 398 g/mol. The van der Waals surface area contributed by atoms with Crippen molar-refractivity contribution in [3.05, 3.63) is 101 Å². The highest BCUT2D eigenvalue weighted by Gasteiger charge is 2.55. The molecule has 5 heteroatoms. The smallest absolute Gasteiger partial charge is 0.325 e. The highest BCUT2D eigenvalue weighted by molar-refractivity contribution is 6.10. The number of aromatic hydroxyl groups is 1. The van der Waals surface area contributed by atoms with E-state index in [1.165, 1.54) is 4.90 Å². The Labute approximate surface area is 175 Å². The molecule has 0 unspecified atom stereocenters. The molecule has 30 heavy (non-hydrogen) atoms. The number of nitrogens with zero attached hydrogens (tertiary/aromatic N) is 1. The zero-order valence-electron chi connectivity index (χ0n) is 16.5. The van der Waals surface area contributed by atoms with Gasteiger partial charge < -0.3 is 10.4 Å². The van der Waals surface area contributed by atoms with Crippen LogP contribution in [0, 0.1) is 0 Å². The van der Waals surface area contributed by atoms with Crippen LogP contribution >= 0.6 is 0 Å². The lowest BCUT2D eigenvalue weighted by molar-refractivity contribution is -0.130. The van der Waals surface area contributed by atoms with Crippen molar-refractivity contribution < 1.29 is 14.7 Å². The molecular weight excluding hydrogens is 376 g/mol. The van der Waals surface area contributed by atoms with Crippen LogP contribution in [0.2, 0.25) is 0 Å². The molecule has 0 saturated carbocycles. The van der Waals surface area contributed by atoms with E-state index in [1.54, 1.807) is 24.3 Å². The summed E-state index contributed by atoms with van der Waals surface area (Å²) in [5.41, 5.74) is 3.66. The van der Waals surface area contributed by atoms with E-state index in [9.17, 15) is 14.7 Å². The van der Waals surface area contributed by atoms with Crippen LogP contribution in [0.25, 0.3) is 0 Å². The number of phenols is 1. The molecule has 5 nitrogen and oxygen atoms in total. The Kier molecular flexibility index (Phi) is 4.31. The Morgan fingerprint density at radius 2 is 1.40 bits per heavy atom. The van der Waals surface area contributed by atoms with Crippen molar-refractivity contribution in [2.24, 2.45) is 0 Å². The molecule has 0 aromatic heterocycles. The van der Waals surface area contributed by atoms with Crippen molar-refractivity contribution in [3.8, 4) is 5.75 Å². The number of hydrogen-bond donors (Lipinski definition) is 2. The number of urea groups is 1. The minimum Gasteiger partial charge on any atom is -0.508 e. The van der Waals surface area contributed by atoms with Gasteiger partial charge in [-0.05, 0) is 59.2 Å². The third-order valence-electron chi connectivity index (χ3n) is 6.17. The lowest BCUT2D eigenvalue weighted by Crippen LogP contribution is -2.46. The molecule has 2 N–H and O–H groups in total. The molecule has 0 radical (unpaired) electrons. The number of hydrogen-bond acceptors (Lipinski definition) is 3. The molecule has 0 atom stereocenters. The van der Waals surface area contributed by atoms with Crippen LogP contribution in [0.5, 0.6) is 5.75 Å². The standard InChI is InChI=1S/C25H22N2O3/c28-20-13-9-17(10-14-20)15-16-27-23(29)25(26-24(27)30)21-7-3-1-5-18(21)11-12-19-6-2-4-8-22(19)25/h1-10,13-14,28H,11-12,15-16H2,(H,26,30). The number of fused-ring (bicyclic) bond motifs is 4. The quantitative estimate of drug-likeness (QED) is 0.663. The first-order valence-electron chi connectivity index (χ1n) is 10.2. The molecule has 1 heterocycles. The largest absolute Gasteiger partial charge is 0.508 e. The Morgan fingerprint density at radius 1 is 0.833 bits per heavy atom. The van der Waals surface area contributed by atoms with Crippen molar-refractivity contribution in [1.29, 1.82) is 0 Å². The molecule has 1 aliphatic heterocycles. The number of carbonyl (C=O) groups excluding carboxylic acids is 2. The number of imide groups is 1. The Bertz CT molecular complexity index is 1090. The van der Waals surface area contributed by atoms with Crippen molar-refractivity contribution in [3.63, 3.8) is 0 Å². The molecule has 5 rings (SSSR count). The fourth-order valence-corrected chi connectivity index (χ4v) is 4.67. The maximum atomic E-state index is 13.8. The van der Waals surface area contributed by atoms with Gasteiger partial charge in [-0.1, -0.05) is 60.7 Å². The van der Waals surface area contributed by atoms with Crippen LogP contribution in [0.15, 0.2) is 72.8 Å². The van der Waals surface area contributed by atoms with Crippen LogP contribution in [0.1, 0.15) is 27.8 Å². The van der Waals surface area contributed by atoms with E-state index in [2.05, 4.69) is 5.32 Å². The number of rotatable bonds is 3. The highest BCUT2D eigenvalue weighted by atomic mass is 16.3. The van der Waals surface area contributed by atoms with Gasteiger partial charge in [0.25, 0.3) is 5.91 Å². The second-order valence-electron chi connectivity index (χ2n) is 7.87. The molecule has 1 fully saturated rings. The maximum absolute atomic E-state index is 13.8. The number of phenolic OH excluding ortho intramolecular Hbond substituents is 1. The van der Waals surface area contributed by atoms with Crippen molar-refractivity contribution in [2.75, 3.05) is 6.54 Å². The second-order valence-corrected chi connectivity index (χ2v) is 7.87. The fraction of sp³-hybridized carbons (Fsp3) is 0.200. The first kappa shape index (κ1) is 18.4. The lowest BCUT2D eigenvalue weighted by Gasteiger charge is -2.29. The molecule has 1 aliphatic carbocycles. The third-order valence-corrected chi connectivity index (χ3v) is 6.17. The van der Waals surface area contributed by atoms with Crippen molar-refractivity contribution >= 4 is 11.9 Å². The van der Waals surface area contributed by atoms with Crippen LogP contribution in [-0.4, -0.2) is 28.5 Å². The third kappa shape index (κ3) is 2.77. The first-order chi connectivity index (χ1) is 14.6. The summed E-state index contributed by atoms with van der Waals surface area (Å²) >= 11 is 0. The SMILES string of the molecule is O=C1NC2(C(=O)N1CCc1ccc(O)cc1)c1ccccc1CCc1ccccc12. The maximum Gasteiger partial charge on any atom is 0.325 e. The molecule has 150 valence electrons. The topological polar surface area (TPSA) is 69.6 Å². The summed E-state index contributed by atoms with van der Waals surface area (Å²) in [6.07, 6.45) is 2.18. The van der Waals surface area contributed by atoms with Gasteiger partial charge in [0.15, 0.2) is 5.54 Å². The van der Waals surface area contributed by atoms with Gasteiger partial charge in [0.1, 0.15) is 5.75 Å². The fourth-order valence-electron chi connectivity index (χ4n) is 4.67. The van der Waals surface area contributed by atoms with Gasteiger partial charge in [-0.2, -0.15) is 0 Å². The number of amides is 3. The average molecular weight is 398 g/mol. The Morgan fingerprint density at radius 3 is 2.00 bits per heavy atom. The van der Waals surface area contributed by atoms with E-state index in [4.69, 9.17) is 0 Å². The number of nitrogens with one attached hydrogen (secondary N) is 1. The summed E-state index contributed by atoms with van der Waals surface area (Å²) in [6, 6.07) is 22.3. The van der Waals surface area contributed by atoms with Gasteiger partial charge >= 0.3 is 6.03 Å².